The molecule has 0 aliphatic carbocycles. The number of carbonyl (C=O) groups excluding carboxylic acids is 1. The van der Waals surface area contributed by atoms with Crippen molar-refractivity contribution in [3.63, 3.8) is 0 Å². The highest BCUT2D eigenvalue weighted by Crippen LogP contribution is 2.06. The average Bonchev–Trinajstić information content (AvgIpc) is 1.96. The van der Waals surface area contributed by atoms with Crippen LogP contribution in [0.5, 0.6) is 0 Å². The van der Waals surface area contributed by atoms with E-state index in [0.29, 0.717) is 0 Å². The Kier molecular flexibility index (Phi) is 5.05. The summed E-state index contributed by atoms with van der Waals surface area (Å²) in [7, 11) is 0. The minimum absolute atomic E-state index is 0.388. The van der Waals surface area contributed by atoms with Gasteiger partial charge in [0.25, 0.3) is 0 Å². The number of hydrogen-bond acceptors (Lipinski definition) is 3. The first-order chi connectivity index (χ1) is 6.35. The van der Waals surface area contributed by atoms with Crippen molar-refractivity contribution < 1.29 is 14.3 Å². The van der Waals surface area contributed by atoms with E-state index in [9.17, 15) is 4.79 Å². The van der Waals surface area contributed by atoms with E-state index in [4.69, 9.17) is 9.47 Å². The fraction of sp³-hybridized carbons (Fsp3) is 0.700. The van der Waals surface area contributed by atoms with Crippen LogP contribution in [-0.4, -0.2) is 17.9 Å². The van der Waals surface area contributed by atoms with Crippen LogP contribution in [0.15, 0.2) is 12.3 Å². The molecule has 0 bridgehead atoms. The summed E-state index contributed by atoms with van der Waals surface area (Å²) in [4.78, 5) is 11.2. The van der Waals surface area contributed by atoms with E-state index in [1.807, 2.05) is 27.7 Å². The summed E-state index contributed by atoms with van der Waals surface area (Å²) in [6, 6.07) is 0. The number of allylic oxidation sites excluding steroid dienone is 1. The number of amides is 1. The molecule has 1 N–H and O–H groups in total. The normalized spacial score (nSPS) is 13.8. The first-order valence-electron chi connectivity index (χ1n) is 4.61. The molecule has 0 aromatic heterocycles. The second-order valence-electron chi connectivity index (χ2n) is 3.89. The van der Waals surface area contributed by atoms with Crippen molar-refractivity contribution in [1.29, 1.82) is 0 Å². The van der Waals surface area contributed by atoms with Crippen LogP contribution < -0.4 is 5.32 Å². The van der Waals surface area contributed by atoms with E-state index >= 15 is 0 Å². The fourth-order valence-electron chi connectivity index (χ4n) is 0.704. The van der Waals surface area contributed by atoms with Gasteiger partial charge in [-0.2, -0.15) is 0 Å². The van der Waals surface area contributed by atoms with Crippen LogP contribution in [0.2, 0.25) is 0 Å². The van der Waals surface area contributed by atoms with Crippen molar-refractivity contribution in [2.75, 3.05) is 0 Å². The van der Waals surface area contributed by atoms with Gasteiger partial charge in [-0.25, -0.2) is 4.79 Å². The minimum atomic E-state index is -0.482. The topological polar surface area (TPSA) is 47.6 Å². The molecule has 0 aromatic carbocycles. The van der Waals surface area contributed by atoms with Crippen LogP contribution >= 0.6 is 0 Å². The predicted molar refractivity (Wildman–Crippen MR) is 54.7 cm³/mol. The Bertz CT molecular complexity index is 206. The van der Waals surface area contributed by atoms with E-state index in [1.54, 1.807) is 13.0 Å². The lowest BCUT2D eigenvalue weighted by molar-refractivity contribution is 0.0357. The van der Waals surface area contributed by atoms with E-state index in [-0.39, 0.29) is 6.23 Å². The lowest BCUT2D eigenvalue weighted by atomic mass is 10.2. The first-order valence-corrected chi connectivity index (χ1v) is 4.61. The van der Waals surface area contributed by atoms with Crippen LogP contribution in [0.1, 0.15) is 34.6 Å². The molecule has 0 rings (SSSR count). The molecule has 1 unspecified atom stereocenters. The van der Waals surface area contributed by atoms with Gasteiger partial charge in [-0.3, -0.25) is 5.32 Å². The summed E-state index contributed by atoms with van der Waals surface area (Å²) in [6.07, 6.45) is 2.39. The molecule has 1 amide bonds. The van der Waals surface area contributed by atoms with Crippen LogP contribution in [0.4, 0.5) is 4.79 Å². The highest BCUT2D eigenvalue weighted by Gasteiger charge is 2.17. The third-order valence-corrected chi connectivity index (χ3v) is 1.14. The highest BCUT2D eigenvalue weighted by atomic mass is 16.6. The van der Waals surface area contributed by atoms with Gasteiger partial charge >= 0.3 is 6.09 Å². The lowest BCUT2D eigenvalue weighted by Crippen LogP contribution is -2.38. The molecule has 0 radical (unpaired) electrons. The summed E-state index contributed by atoms with van der Waals surface area (Å²) >= 11 is 0. The molecule has 0 heterocycles. The molecule has 14 heavy (non-hydrogen) atoms. The number of rotatable bonds is 3. The Hall–Kier alpha value is -1.19. The SMILES string of the molecule is C/C=C/OC(C)NC(=O)OC(C)(C)C. The first kappa shape index (κ1) is 12.8. The van der Waals surface area contributed by atoms with Gasteiger partial charge in [0.1, 0.15) is 5.60 Å². The lowest BCUT2D eigenvalue weighted by Gasteiger charge is -2.21. The number of carbonyl (C=O) groups is 1. The molecule has 0 aliphatic rings. The summed E-state index contributed by atoms with van der Waals surface area (Å²) in [6.45, 7) is 8.99. The van der Waals surface area contributed by atoms with Crippen molar-refractivity contribution in [3.05, 3.63) is 12.3 Å². The highest BCUT2D eigenvalue weighted by molar-refractivity contribution is 5.67. The molecular formula is C10H19NO3. The maximum atomic E-state index is 11.2. The van der Waals surface area contributed by atoms with Crippen molar-refractivity contribution in [1.82, 2.24) is 5.32 Å². The van der Waals surface area contributed by atoms with Crippen LogP contribution in [0.25, 0.3) is 0 Å². The zero-order chi connectivity index (χ0) is 11.2. The molecule has 82 valence electrons. The van der Waals surface area contributed by atoms with Gasteiger partial charge in [-0.05, 0) is 34.6 Å². The third-order valence-electron chi connectivity index (χ3n) is 1.14. The maximum absolute atomic E-state index is 11.2. The number of hydrogen-bond donors (Lipinski definition) is 1. The molecule has 0 aliphatic heterocycles. The molecule has 0 saturated heterocycles. The summed E-state index contributed by atoms with van der Waals surface area (Å²) in [5, 5.41) is 2.54. The van der Waals surface area contributed by atoms with E-state index in [0.717, 1.165) is 0 Å². The fourth-order valence-corrected chi connectivity index (χ4v) is 0.704. The van der Waals surface area contributed by atoms with Crippen molar-refractivity contribution in [3.8, 4) is 0 Å². The number of ether oxygens (including phenoxy) is 2. The Labute approximate surface area is 85.3 Å². The van der Waals surface area contributed by atoms with Gasteiger partial charge < -0.3 is 9.47 Å². The summed E-state index contributed by atoms with van der Waals surface area (Å²) in [5.41, 5.74) is -0.482. The Morgan fingerprint density at radius 2 is 2.00 bits per heavy atom. The van der Waals surface area contributed by atoms with Gasteiger partial charge in [0.05, 0.1) is 6.26 Å². The van der Waals surface area contributed by atoms with Crippen LogP contribution in [-0.2, 0) is 9.47 Å². The minimum Gasteiger partial charge on any atom is -0.479 e. The van der Waals surface area contributed by atoms with Crippen LogP contribution in [0, 0.1) is 0 Å². The van der Waals surface area contributed by atoms with Gasteiger partial charge in [-0.15, -0.1) is 0 Å². The third kappa shape index (κ3) is 7.46. The van der Waals surface area contributed by atoms with Gasteiger partial charge in [0, 0.05) is 0 Å². The van der Waals surface area contributed by atoms with Crippen molar-refractivity contribution in [2.45, 2.75) is 46.4 Å². The molecule has 0 spiro atoms. The molecule has 0 fully saturated rings. The smallest absolute Gasteiger partial charge is 0.410 e. The summed E-state index contributed by atoms with van der Waals surface area (Å²) in [5.74, 6) is 0. The second-order valence-corrected chi connectivity index (χ2v) is 3.89. The molecule has 0 saturated carbocycles. The zero-order valence-electron chi connectivity index (χ0n) is 9.46. The van der Waals surface area contributed by atoms with Gasteiger partial charge in [-0.1, -0.05) is 6.08 Å². The van der Waals surface area contributed by atoms with E-state index < -0.39 is 11.7 Å². The zero-order valence-corrected chi connectivity index (χ0v) is 9.46. The Morgan fingerprint density at radius 1 is 1.43 bits per heavy atom. The second kappa shape index (κ2) is 5.52. The van der Waals surface area contributed by atoms with Crippen molar-refractivity contribution in [2.24, 2.45) is 0 Å². The summed E-state index contributed by atoms with van der Waals surface area (Å²) < 4.78 is 10.1. The molecule has 4 heteroatoms. The van der Waals surface area contributed by atoms with E-state index in [2.05, 4.69) is 5.32 Å². The van der Waals surface area contributed by atoms with Gasteiger partial charge in [0.2, 0.25) is 0 Å². The molecule has 0 aromatic rings. The Morgan fingerprint density at radius 3 is 2.43 bits per heavy atom. The van der Waals surface area contributed by atoms with Crippen LogP contribution in [0.3, 0.4) is 0 Å². The quantitative estimate of drug-likeness (QED) is 0.563. The van der Waals surface area contributed by atoms with Gasteiger partial charge in [0.15, 0.2) is 6.23 Å². The number of alkyl carbamates (subject to hydrolysis) is 1. The standard InChI is InChI=1S/C10H19NO3/c1-6-7-13-8(2)11-9(12)14-10(3,4)5/h6-8H,1-5H3,(H,11,12)/b7-6+. The monoisotopic (exact) mass is 201 g/mol. The molecule has 4 nitrogen and oxygen atoms in total. The Balaban J connectivity index is 3.83. The van der Waals surface area contributed by atoms with Crippen molar-refractivity contribution >= 4 is 6.09 Å². The molecule has 1 atom stereocenters. The predicted octanol–water partition coefficient (Wildman–Crippen LogP) is 2.41. The molecular weight excluding hydrogens is 182 g/mol. The largest absolute Gasteiger partial charge is 0.479 e. The number of nitrogens with one attached hydrogen (secondary N) is 1. The maximum Gasteiger partial charge on any atom is 0.410 e. The average molecular weight is 201 g/mol. The van der Waals surface area contributed by atoms with E-state index in [1.165, 1.54) is 6.26 Å².